The molecule has 2 aromatic rings. The highest BCUT2D eigenvalue weighted by Crippen LogP contribution is 2.30. The summed E-state index contributed by atoms with van der Waals surface area (Å²) >= 11 is 1.40. The second-order valence-electron chi connectivity index (χ2n) is 4.64. The summed E-state index contributed by atoms with van der Waals surface area (Å²) < 4.78 is 6.09. The standard InChI is InChI=1S/C14H13N3O4S/c1-21-14(20)13-17(6-7-22-13)11-9(8-18)12(19)16-5-3-2-4-10(16)15-11/h2-5,8,13H,6-7H2,1H3/t13-/m0/s1. The quantitative estimate of drug-likeness (QED) is 0.604. The SMILES string of the molecule is COC(=O)[C@@H]1SCCN1c1nc2ccccn2c(=O)c1C=O. The van der Waals surface area contributed by atoms with Crippen LogP contribution in [0.1, 0.15) is 10.4 Å². The number of hydrogen-bond acceptors (Lipinski definition) is 7. The Morgan fingerprint density at radius 3 is 3.05 bits per heavy atom. The van der Waals surface area contributed by atoms with Crippen LogP contribution >= 0.6 is 11.8 Å². The molecule has 0 aromatic carbocycles. The molecular formula is C14H13N3O4S. The number of carbonyl (C=O) groups excluding carboxylic acids is 2. The fourth-order valence-electron chi connectivity index (χ4n) is 2.40. The van der Waals surface area contributed by atoms with Crippen LogP contribution in [0.4, 0.5) is 5.82 Å². The highest BCUT2D eigenvalue weighted by atomic mass is 32.2. The molecule has 0 aliphatic carbocycles. The van der Waals surface area contributed by atoms with Crippen LogP contribution in [0.25, 0.3) is 5.65 Å². The second kappa shape index (κ2) is 5.80. The Morgan fingerprint density at radius 2 is 2.32 bits per heavy atom. The van der Waals surface area contributed by atoms with Crippen molar-refractivity contribution in [3.05, 3.63) is 40.3 Å². The van der Waals surface area contributed by atoms with E-state index in [2.05, 4.69) is 4.98 Å². The number of aromatic nitrogens is 2. The van der Waals surface area contributed by atoms with Crippen molar-refractivity contribution in [3.63, 3.8) is 0 Å². The zero-order valence-corrected chi connectivity index (χ0v) is 12.6. The van der Waals surface area contributed by atoms with Crippen molar-refractivity contribution in [1.29, 1.82) is 0 Å². The van der Waals surface area contributed by atoms with Crippen molar-refractivity contribution < 1.29 is 14.3 Å². The van der Waals surface area contributed by atoms with Crippen LogP contribution in [0.15, 0.2) is 29.2 Å². The Labute approximate surface area is 129 Å². The predicted molar refractivity (Wildman–Crippen MR) is 82.5 cm³/mol. The molecule has 2 aromatic heterocycles. The maximum atomic E-state index is 12.4. The number of aldehydes is 1. The minimum atomic E-state index is -0.596. The van der Waals surface area contributed by atoms with Crippen LogP contribution in [-0.2, 0) is 9.53 Å². The van der Waals surface area contributed by atoms with Gasteiger partial charge in [0, 0.05) is 18.5 Å². The van der Waals surface area contributed by atoms with Gasteiger partial charge in [-0.1, -0.05) is 6.07 Å². The van der Waals surface area contributed by atoms with Crippen LogP contribution in [0.5, 0.6) is 0 Å². The van der Waals surface area contributed by atoms with Gasteiger partial charge in [-0.05, 0) is 12.1 Å². The Bertz CT molecular complexity index is 804. The third-order valence-corrected chi connectivity index (χ3v) is 4.61. The van der Waals surface area contributed by atoms with Crippen molar-refractivity contribution in [3.8, 4) is 0 Å². The Kier molecular flexibility index (Phi) is 3.84. The summed E-state index contributed by atoms with van der Waals surface area (Å²) in [5, 5.41) is -0.596. The smallest absolute Gasteiger partial charge is 0.339 e. The monoisotopic (exact) mass is 319 g/mol. The van der Waals surface area contributed by atoms with Crippen molar-refractivity contribution in [2.24, 2.45) is 0 Å². The number of ether oxygens (including phenoxy) is 1. The highest BCUT2D eigenvalue weighted by molar-refractivity contribution is 8.01. The van der Waals surface area contributed by atoms with Gasteiger partial charge >= 0.3 is 5.97 Å². The molecule has 0 unspecified atom stereocenters. The molecule has 7 nitrogen and oxygen atoms in total. The number of nitrogens with zero attached hydrogens (tertiary/aromatic N) is 3. The zero-order valence-electron chi connectivity index (χ0n) is 11.8. The van der Waals surface area contributed by atoms with Crippen molar-refractivity contribution in [2.45, 2.75) is 5.37 Å². The summed E-state index contributed by atoms with van der Waals surface area (Å²) in [7, 11) is 1.31. The molecule has 0 bridgehead atoms. The van der Waals surface area contributed by atoms with Gasteiger partial charge < -0.3 is 9.64 Å². The van der Waals surface area contributed by atoms with E-state index in [-0.39, 0.29) is 11.4 Å². The summed E-state index contributed by atoms with van der Waals surface area (Å²) in [6, 6.07) is 5.12. The number of esters is 1. The molecule has 0 amide bonds. The van der Waals surface area contributed by atoms with Gasteiger partial charge in [-0.15, -0.1) is 11.8 Å². The van der Waals surface area contributed by atoms with Gasteiger partial charge in [0.25, 0.3) is 5.56 Å². The average Bonchev–Trinajstić information content (AvgIpc) is 3.03. The maximum absolute atomic E-state index is 12.4. The van der Waals surface area contributed by atoms with Gasteiger partial charge in [0.15, 0.2) is 11.7 Å². The molecule has 3 rings (SSSR count). The van der Waals surface area contributed by atoms with Crippen molar-refractivity contribution in [2.75, 3.05) is 24.3 Å². The summed E-state index contributed by atoms with van der Waals surface area (Å²) in [4.78, 5) is 41.7. The number of thioether (sulfide) groups is 1. The van der Waals surface area contributed by atoms with E-state index in [4.69, 9.17) is 4.74 Å². The molecule has 1 aliphatic heterocycles. The van der Waals surface area contributed by atoms with Crippen LogP contribution in [-0.4, -0.2) is 46.4 Å². The number of methoxy groups -OCH3 is 1. The molecule has 8 heteroatoms. The first-order chi connectivity index (χ1) is 10.7. The first-order valence-corrected chi connectivity index (χ1v) is 7.65. The van der Waals surface area contributed by atoms with Crippen LogP contribution in [0.3, 0.4) is 0 Å². The van der Waals surface area contributed by atoms with Gasteiger partial charge in [-0.2, -0.15) is 0 Å². The molecule has 0 radical (unpaired) electrons. The van der Waals surface area contributed by atoms with Gasteiger partial charge in [0.2, 0.25) is 0 Å². The lowest BCUT2D eigenvalue weighted by Gasteiger charge is -2.23. The Morgan fingerprint density at radius 1 is 1.50 bits per heavy atom. The normalized spacial score (nSPS) is 17.7. The predicted octanol–water partition coefficient (Wildman–Crippen LogP) is 0.559. The number of anilines is 1. The Hall–Kier alpha value is -2.35. The molecule has 0 spiro atoms. The Balaban J connectivity index is 2.19. The van der Waals surface area contributed by atoms with Crippen LogP contribution < -0.4 is 10.5 Å². The molecule has 0 saturated carbocycles. The van der Waals surface area contributed by atoms with E-state index in [0.29, 0.717) is 24.2 Å². The summed E-state index contributed by atoms with van der Waals surface area (Å²) in [6.45, 7) is 0.515. The maximum Gasteiger partial charge on any atom is 0.339 e. The minimum Gasteiger partial charge on any atom is -0.467 e. The molecule has 1 fully saturated rings. The van der Waals surface area contributed by atoms with Gasteiger partial charge in [-0.3, -0.25) is 14.0 Å². The van der Waals surface area contributed by atoms with E-state index in [0.717, 1.165) is 0 Å². The van der Waals surface area contributed by atoms with Gasteiger partial charge in [0.1, 0.15) is 17.0 Å². The number of rotatable bonds is 3. The van der Waals surface area contributed by atoms with E-state index in [1.165, 1.54) is 23.3 Å². The van der Waals surface area contributed by atoms with E-state index in [9.17, 15) is 14.4 Å². The van der Waals surface area contributed by atoms with Gasteiger partial charge in [0.05, 0.1) is 7.11 Å². The number of hydrogen-bond donors (Lipinski definition) is 0. The fraction of sp³-hybridized carbons (Fsp3) is 0.286. The van der Waals surface area contributed by atoms with E-state index in [1.807, 2.05) is 0 Å². The van der Waals surface area contributed by atoms with E-state index in [1.54, 1.807) is 29.3 Å². The van der Waals surface area contributed by atoms with Crippen LogP contribution in [0.2, 0.25) is 0 Å². The molecule has 0 N–H and O–H groups in total. The summed E-state index contributed by atoms with van der Waals surface area (Å²) in [6.07, 6.45) is 2.04. The molecule has 1 atom stereocenters. The van der Waals surface area contributed by atoms with Crippen molar-refractivity contribution in [1.82, 2.24) is 9.38 Å². The lowest BCUT2D eigenvalue weighted by Crippen LogP contribution is -2.38. The highest BCUT2D eigenvalue weighted by Gasteiger charge is 2.35. The molecule has 114 valence electrons. The van der Waals surface area contributed by atoms with Crippen molar-refractivity contribution >= 4 is 35.5 Å². The average molecular weight is 319 g/mol. The van der Waals surface area contributed by atoms with Gasteiger partial charge in [-0.25, -0.2) is 9.78 Å². The first-order valence-electron chi connectivity index (χ1n) is 6.60. The van der Waals surface area contributed by atoms with Crippen LogP contribution in [0, 0.1) is 0 Å². The molecular weight excluding hydrogens is 306 g/mol. The zero-order chi connectivity index (χ0) is 15.7. The molecule has 1 saturated heterocycles. The fourth-order valence-corrected chi connectivity index (χ4v) is 3.54. The second-order valence-corrected chi connectivity index (χ2v) is 5.83. The lowest BCUT2D eigenvalue weighted by molar-refractivity contribution is -0.139. The number of carbonyl (C=O) groups is 2. The molecule has 3 heterocycles. The molecule has 22 heavy (non-hydrogen) atoms. The lowest BCUT2D eigenvalue weighted by atomic mass is 10.3. The third-order valence-electron chi connectivity index (χ3n) is 3.43. The largest absolute Gasteiger partial charge is 0.467 e. The first kappa shape index (κ1) is 14.6. The minimum absolute atomic E-state index is 0.0555. The number of fused-ring (bicyclic) bond motifs is 1. The topological polar surface area (TPSA) is 81.0 Å². The number of pyridine rings is 1. The van der Waals surface area contributed by atoms with E-state index < -0.39 is 16.9 Å². The van der Waals surface area contributed by atoms with E-state index >= 15 is 0 Å². The summed E-state index contributed by atoms with van der Waals surface area (Å²) in [5.41, 5.74) is -0.0789. The third kappa shape index (κ3) is 2.25. The molecule has 1 aliphatic rings. The summed E-state index contributed by atoms with van der Waals surface area (Å²) in [5.74, 6) is 0.495.